The van der Waals surface area contributed by atoms with Crippen LogP contribution in [0.5, 0.6) is 0 Å². The van der Waals surface area contributed by atoms with Crippen LogP contribution in [0.15, 0.2) is 18.5 Å². The molecule has 6 heteroatoms. The quantitative estimate of drug-likeness (QED) is 0.855. The molecule has 0 bridgehead atoms. The standard InChI is InChI=1S/C14H18FN3O2/c1-13(2)11-8(4-6-20-11)14(13,16)12(19)18-10-3-5-17-7-9(10)15/h3,5,7-8,11H,4,6,16H2,1-2H3,(H,17,18,19). The Morgan fingerprint density at radius 2 is 2.35 bits per heavy atom. The van der Waals surface area contributed by atoms with Crippen LogP contribution in [0.25, 0.3) is 0 Å². The summed E-state index contributed by atoms with van der Waals surface area (Å²) in [6, 6.07) is 1.42. The Hall–Kier alpha value is -1.53. The van der Waals surface area contributed by atoms with Crippen LogP contribution in [0.1, 0.15) is 20.3 Å². The fourth-order valence-corrected chi connectivity index (χ4v) is 3.55. The summed E-state index contributed by atoms with van der Waals surface area (Å²) in [5.41, 5.74) is 4.97. The molecule has 1 aromatic heterocycles. The molecule has 20 heavy (non-hydrogen) atoms. The number of hydrogen-bond acceptors (Lipinski definition) is 4. The first-order valence-electron chi connectivity index (χ1n) is 6.70. The Kier molecular flexibility index (Phi) is 2.85. The topological polar surface area (TPSA) is 77.2 Å². The van der Waals surface area contributed by atoms with Crippen molar-refractivity contribution in [2.24, 2.45) is 17.1 Å². The molecule has 5 nitrogen and oxygen atoms in total. The highest BCUT2D eigenvalue weighted by Crippen LogP contribution is 2.58. The number of carbonyl (C=O) groups excluding carboxylic acids is 1. The number of rotatable bonds is 2. The van der Waals surface area contributed by atoms with E-state index in [0.717, 1.165) is 12.6 Å². The average Bonchev–Trinajstić information content (AvgIpc) is 2.88. The van der Waals surface area contributed by atoms with Gasteiger partial charge in [-0.1, -0.05) is 13.8 Å². The molecule has 1 saturated carbocycles. The van der Waals surface area contributed by atoms with Crippen LogP contribution in [-0.4, -0.2) is 29.1 Å². The summed E-state index contributed by atoms with van der Waals surface area (Å²) in [6.07, 6.45) is 3.25. The Balaban J connectivity index is 1.85. The Bertz CT molecular complexity index is 563. The first kappa shape index (κ1) is 13.5. The van der Waals surface area contributed by atoms with Crippen LogP contribution < -0.4 is 11.1 Å². The monoisotopic (exact) mass is 279 g/mol. The molecule has 0 radical (unpaired) electrons. The van der Waals surface area contributed by atoms with E-state index < -0.39 is 16.8 Å². The zero-order valence-corrected chi connectivity index (χ0v) is 11.5. The van der Waals surface area contributed by atoms with Gasteiger partial charge in [0.15, 0.2) is 5.82 Å². The van der Waals surface area contributed by atoms with Gasteiger partial charge in [0.25, 0.3) is 0 Å². The van der Waals surface area contributed by atoms with Gasteiger partial charge in [-0.15, -0.1) is 0 Å². The molecule has 1 amide bonds. The van der Waals surface area contributed by atoms with Gasteiger partial charge >= 0.3 is 0 Å². The molecule has 3 rings (SSSR count). The van der Waals surface area contributed by atoms with E-state index in [4.69, 9.17) is 10.5 Å². The second-order valence-electron chi connectivity index (χ2n) is 6.09. The minimum absolute atomic E-state index is 0.000497. The van der Waals surface area contributed by atoms with E-state index in [1.165, 1.54) is 12.3 Å². The smallest absolute Gasteiger partial charge is 0.245 e. The second kappa shape index (κ2) is 4.23. The van der Waals surface area contributed by atoms with Crippen LogP contribution in [0, 0.1) is 17.2 Å². The molecular formula is C14H18FN3O2. The number of ether oxygens (including phenoxy) is 1. The number of carbonyl (C=O) groups is 1. The molecule has 1 aromatic rings. The van der Waals surface area contributed by atoms with E-state index in [1.807, 2.05) is 13.8 Å². The number of halogens is 1. The average molecular weight is 279 g/mol. The third-order valence-corrected chi connectivity index (χ3v) is 4.85. The number of aromatic nitrogens is 1. The zero-order chi connectivity index (χ0) is 14.5. The van der Waals surface area contributed by atoms with Crippen molar-refractivity contribution in [1.82, 2.24) is 4.98 Å². The fraction of sp³-hybridized carbons (Fsp3) is 0.571. The first-order chi connectivity index (χ1) is 9.39. The van der Waals surface area contributed by atoms with Gasteiger partial charge < -0.3 is 15.8 Å². The number of hydrogen-bond donors (Lipinski definition) is 2. The van der Waals surface area contributed by atoms with Gasteiger partial charge in [0.05, 0.1) is 18.0 Å². The van der Waals surface area contributed by atoms with Crippen molar-refractivity contribution in [3.63, 3.8) is 0 Å². The zero-order valence-electron chi connectivity index (χ0n) is 11.5. The summed E-state index contributed by atoms with van der Waals surface area (Å²) in [5, 5.41) is 2.59. The summed E-state index contributed by atoms with van der Waals surface area (Å²) in [6.45, 7) is 4.46. The number of nitrogens with zero attached hydrogens (tertiary/aromatic N) is 1. The summed E-state index contributed by atoms with van der Waals surface area (Å²) in [5.74, 6) is -0.942. The number of anilines is 1. The maximum Gasteiger partial charge on any atom is 0.245 e. The molecule has 2 heterocycles. The Morgan fingerprint density at radius 1 is 1.60 bits per heavy atom. The van der Waals surface area contributed by atoms with Crippen molar-refractivity contribution in [3.8, 4) is 0 Å². The van der Waals surface area contributed by atoms with Crippen LogP contribution in [0.4, 0.5) is 10.1 Å². The highest BCUT2D eigenvalue weighted by Gasteiger charge is 2.71. The maximum atomic E-state index is 13.6. The van der Waals surface area contributed by atoms with E-state index in [9.17, 15) is 9.18 Å². The fourth-order valence-electron chi connectivity index (χ4n) is 3.55. The summed E-state index contributed by atoms with van der Waals surface area (Å²) < 4.78 is 19.2. The lowest BCUT2D eigenvalue weighted by atomic mass is 9.48. The molecule has 3 N–H and O–H groups in total. The largest absolute Gasteiger partial charge is 0.377 e. The van der Waals surface area contributed by atoms with Crippen molar-refractivity contribution in [2.75, 3.05) is 11.9 Å². The van der Waals surface area contributed by atoms with Crippen LogP contribution in [0.3, 0.4) is 0 Å². The van der Waals surface area contributed by atoms with E-state index in [-0.39, 0.29) is 23.6 Å². The summed E-state index contributed by atoms with van der Waals surface area (Å²) in [7, 11) is 0. The number of fused-ring (bicyclic) bond motifs is 1. The molecule has 3 atom stereocenters. The number of nitrogens with one attached hydrogen (secondary N) is 1. The van der Waals surface area contributed by atoms with Gasteiger partial charge in [0, 0.05) is 24.1 Å². The third kappa shape index (κ3) is 1.55. The first-order valence-corrected chi connectivity index (χ1v) is 6.70. The van der Waals surface area contributed by atoms with Gasteiger partial charge in [-0.3, -0.25) is 9.78 Å². The molecule has 3 unspecified atom stereocenters. The maximum absolute atomic E-state index is 13.6. The minimum Gasteiger partial charge on any atom is -0.377 e. The summed E-state index contributed by atoms with van der Waals surface area (Å²) >= 11 is 0. The van der Waals surface area contributed by atoms with Gasteiger partial charge in [-0.25, -0.2) is 4.39 Å². The molecule has 1 saturated heterocycles. The van der Waals surface area contributed by atoms with E-state index in [1.54, 1.807) is 0 Å². The van der Waals surface area contributed by atoms with Crippen LogP contribution in [-0.2, 0) is 9.53 Å². The minimum atomic E-state index is -1.04. The predicted octanol–water partition coefficient (Wildman–Crippen LogP) is 1.30. The number of pyridine rings is 1. The number of amides is 1. The Labute approximate surface area is 116 Å². The molecule has 2 fully saturated rings. The lowest BCUT2D eigenvalue weighted by molar-refractivity contribution is -0.170. The van der Waals surface area contributed by atoms with Crippen molar-refractivity contribution in [3.05, 3.63) is 24.3 Å². The van der Waals surface area contributed by atoms with Crippen molar-refractivity contribution < 1.29 is 13.9 Å². The lowest BCUT2D eigenvalue weighted by Gasteiger charge is -2.60. The number of nitrogens with two attached hydrogens (primary N) is 1. The molecule has 108 valence electrons. The van der Waals surface area contributed by atoms with E-state index >= 15 is 0 Å². The SMILES string of the molecule is CC1(C)C2OCCC2C1(N)C(=O)Nc1ccncc1F. The molecule has 1 aliphatic carbocycles. The second-order valence-corrected chi connectivity index (χ2v) is 6.09. The predicted molar refractivity (Wildman–Crippen MR) is 71.4 cm³/mol. The lowest BCUT2D eigenvalue weighted by Crippen LogP contribution is -2.79. The highest BCUT2D eigenvalue weighted by molar-refractivity contribution is 6.00. The van der Waals surface area contributed by atoms with E-state index in [0.29, 0.717) is 6.61 Å². The van der Waals surface area contributed by atoms with Crippen molar-refractivity contribution >= 4 is 11.6 Å². The summed E-state index contributed by atoms with van der Waals surface area (Å²) in [4.78, 5) is 16.2. The molecular weight excluding hydrogens is 261 g/mol. The molecule has 2 aliphatic rings. The van der Waals surface area contributed by atoms with E-state index in [2.05, 4.69) is 10.3 Å². The molecule has 0 spiro atoms. The van der Waals surface area contributed by atoms with Crippen LogP contribution >= 0.6 is 0 Å². The highest BCUT2D eigenvalue weighted by atomic mass is 19.1. The van der Waals surface area contributed by atoms with Gasteiger partial charge in [0.2, 0.25) is 5.91 Å². The molecule has 0 aromatic carbocycles. The van der Waals surface area contributed by atoms with Gasteiger partial charge in [-0.2, -0.15) is 0 Å². The third-order valence-electron chi connectivity index (χ3n) is 4.85. The van der Waals surface area contributed by atoms with Gasteiger partial charge in [0.1, 0.15) is 5.54 Å². The normalized spacial score (nSPS) is 34.2. The Morgan fingerprint density at radius 3 is 3.05 bits per heavy atom. The molecule has 1 aliphatic heterocycles. The van der Waals surface area contributed by atoms with Crippen molar-refractivity contribution in [2.45, 2.75) is 31.9 Å². The van der Waals surface area contributed by atoms with Crippen LogP contribution in [0.2, 0.25) is 0 Å². The van der Waals surface area contributed by atoms with Gasteiger partial charge in [-0.05, 0) is 12.5 Å². The van der Waals surface area contributed by atoms with Crippen molar-refractivity contribution in [1.29, 1.82) is 0 Å².